The zero-order chi connectivity index (χ0) is 19.7. The summed E-state index contributed by atoms with van der Waals surface area (Å²) in [5, 5.41) is 6.21. The van der Waals surface area contributed by atoms with Crippen LogP contribution in [0, 0.1) is 4.77 Å². The monoisotopic (exact) mass is 433 g/mol. The first-order valence-corrected chi connectivity index (χ1v) is 10.3. The van der Waals surface area contributed by atoms with Crippen LogP contribution < -0.4 is 4.90 Å². The second kappa shape index (κ2) is 8.25. The number of anilines is 1. The number of aromatic nitrogens is 3. The molecule has 8 heteroatoms. The molecule has 0 unspecified atom stereocenters. The lowest BCUT2D eigenvalue weighted by Crippen LogP contribution is -2.47. The van der Waals surface area contributed by atoms with Crippen LogP contribution in [-0.4, -0.2) is 45.4 Å². The van der Waals surface area contributed by atoms with Gasteiger partial charge in [-0.2, -0.15) is 5.10 Å². The molecule has 0 spiro atoms. The van der Waals surface area contributed by atoms with Crippen LogP contribution in [0.2, 0.25) is 10.0 Å². The number of hydrogen-bond donors (Lipinski definition) is 0. The molecule has 0 aliphatic carbocycles. The second-order valence-electron chi connectivity index (χ2n) is 6.84. The summed E-state index contributed by atoms with van der Waals surface area (Å²) in [5.41, 5.74) is 1.99. The highest BCUT2D eigenvalue weighted by molar-refractivity contribution is 7.71. The predicted molar refractivity (Wildman–Crippen MR) is 118 cm³/mol. The van der Waals surface area contributed by atoms with Gasteiger partial charge in [0.05, 0.1) is 22.4 Å². The first-order valence-electron chi connectivity index (χ1n) is 9.15. The van der Waals surface area contributed by atoms with Crippen molar-refractivity contribution < 1.29 is 0 Å². The van der Waals surface area contributed by atoms with Crippen molar-refractivity contribution in [2.45, 2.75) is 6.67 Å². The second-order valence-corrected chi connectivity index (χ2v) is 8.02. The van der Waals surface area contributed by atoms with Gasteiger partial charge in [0, 0.05) is 38.8 Å². The van der Waals surface area contributed by atoms with Crippen molar-refractivity contribution in [3.8, 4) is 11.4 Å². The molecule has 5 nitrogen and oxygen atoms in total. The Hall–Kier alpha value is -1.86. The van der Waals surface area contributed by atoms with E-state index in [1.165, 1.54) is 0 Å². The number of piperazine rings is 1. The molecule has 0 N–H and O–H groups in total. The molecule has 146 valence electrons. The maximum atomic E-state index is 6.35. The zero-order valence-electron chi connectivity index (χ0n) is 15.6. The molecule has 28 heavy (non-hydrogen) atoms. The third-order valence-electron chi connectivity index (χ3n) is 5.06. The molecule has 1 aromatic heterocycles. The number of benzene rings is 2. The lowest BCUT2D eigenvalue weighted by atomic mass is 10.2. The third-order valence-corrected chi connectivity index (χ3v) is 6.19. The van der Waals surface area contributed by atoms with Gasteiger partial charge in [-0.25, -0.2) is 4.68 Å². The van der Waals surface area contributed by atoms with Gasteiger partial charge < -0.3 is 9.47 Å². The summed E-state index contributed by atoms with van der Waals surface area (Å²) in [5.74, 6) is 0.783. The van der Waals surface area contributed by atoms with Crippen molar-refractivity contribution in [3.63, 3.8) is 0 Å². The maximum Gasteiger partial charge on any atom is 0.199 e. The Morgan fingerprint density at radius 1 is 0.929 bits per heavy atom. The molecule has 1 aliphatic rings. The fraction of sp³-hybridized carbons (Fsp3) is 0.300. The largest absolute Gasteiger partial charge is 0.368 e. The van der Waals surface area contributed by atoms with Gasteiger partial charge in [0.25, 0.3) is 0 Å². The quantitative estimate of drug-likeness (QED) is 0.557. The van der Waals surface area contributed by atoms with Gasteiger partial charge in [-0.05, 0) is 36.5 Å². The van der Waals surface area contributed by atoms with E-state index >= 15 is 0 Å². The Labute approximate surface area is 179 Å². The number of halogens is 2. The van der Waals surface area contributed by atoms with E-state index in [2.05, 4.69) is 15.9 Å². The van der Waals surface area contributed by atoms with Crippen molar-refractivity contribution in [3.05, 3.63) is 63.3 Å². The minimum absolute atomic E-state index is 0.660. The molecule has 0 radical (unpaired) electrons. The standard InChI is InChI=1S/C20H21Cl2N5S/c1-24-19(15-6-2-3-7-16(15)21)23-27(20(24)28)14-25-10-12-26(13-11-25)18-9-5-4-8-17(18)22/h2-9H,10-14H2,1H3. The number of rotatable bonds is 4. The summed E-state index contributed by atoms with van der Waals surface area (Å²) in [6.45, 7) is 4.34. The molecule has 0 saturated carbocycles. The maximum absolute atomic E-state index is 6.35. The average Bonchev–Trinajstić information content (AvgIpc) is 2.98. The lowest BCUT2D eigenvalue weighted by molar-refractivity contribution is 0.194. The van der Waals surface area contributed by atoms with Crippen molar-refractivity contribution >= 4 is 41.1 Å². The third kappa shape index (κ3) is 3.82. The molecule has 2 aromatic carbocycles. The summed E-state index contributed by atoms with van der Waals surface area (Å²) in [6.07, 6.45) is 0. The number of nitrogens with zero attached hydrogens (tertiary/aromatic N) is 5. The Bertz CT molecular complexity index is 1040. The van der Waals surface area contributed by atoms with E-state index in [9.17, 15) is 0 Å². The minimum Gasteiger partial charge on any atom is -0.368 e. The van der Waals surface area contributed by atoms with Crippen LogP contribution in [-0.2, 0) is 13.7 Å². The van der Waals surface area contributed by atoms with Crippen LogP contribution in [0.5, 0.6) is 0 Å². The SMILES string of the molecule is Cn1c(-c2ccccc2Cl)nn(CN2CCN(c3ccccc3Cl)CC2)c1=S. The van der Waals surface area contributed by atoms with Gasteiger partial charge in [0.2, 0.25) is 0 Å². The van der Waals surface area contributed by atoms with E-state index in [1.54, 1.807) is 0 Å². The molecule has 1 aliphatic heterocycles. The lowest BCUT2D eigenvalue weighted by Gasteiger charge is -2.36. The molecule has 0 amide bonds. The molecular weight excluding hydrogens is 413 g/mol. The molecule has 4 rings (SSSR count). The first kappa shape index (κ1) is 19.5. The molecular formula is C20H21Cl2N5S. The van der Waals surface area contributed by atoms with Crippen molar-refractivity contribution in [1.29, 1.82) is 0 Å². The van der Waals surface area contributed by atoms with E-state index < -0.39 is 0 Å². The van der Waals surface area contributed by atoms with E-state index in [-0.39, 0.29) is 0 Å². The highest BCUT2D eigenvalue weighted by Gasteiger charge is 2.20. The molecule has 1 fully saturated rings. The van der Waals surface area contributed by atoms with Crippen LogP contribution in [0.25, 0.3) is 11.4 Å². The Morgan fingerprint density at radius 2 is 1.57 bits per heavy atom. The van der Waals surface area contributed by atoms with Crippen molar-refractivity contribution in [2.24, 2.45) is 7.05 Å². The topological polar surface area (TPSA) is 29.2 Å². The summed E-state index contributed by atoms with van der Waals surface area (Å²) in [6, 6.07) is 15.7. The fourth-order valence-corrected chi connectivity index (χ4v) is 4.15. The van der Waals surface area contributed by atoms with Crippen LogP contribution in [0.4, 0.5) is 5.69 Å². The van der Waals surface area contributed by atoms with E-state index in [4.69, 9.17) is 40.5 Å². The predicted octanol–water partition coefficient (Wildman–Crippen LogP) is 4.70. The Morgan fingerprint density at radius 3 is 2.25 bits per heavy atom. The van der Waals surface area contributed by atoms with Gasteiger partial charge in [-0.3, -0.25) is 4.90 Å². The van der Waals surface area contributed by atoms with E-state index in [0.29, 0.717) is 16.5 Å². The summed E-state index contributed by atoms with van der Waals surface area (Å²) in [4.78, 5) is 4.68. The highest BCUT2D eigenvalue weighted by atomic mass is 35.5. The number of para-hydroxylation sites is 1. The van der Waals surface area contributed by atoms with Crippen molar-refractivity contribution in [1.82, 2.24) is 19.2 Å². The zero-order valence-corrected chi connectivity index (χ0v) is 17.9. The molecule has 3 aromatic rings. The minimum atomic E-state index is 0.660. The number of hydrogen-bond acceptors (Lipinski definition) is 4. The Kier molecular flexibility index (Phi) is 5.73. The Balaban J connectivity index is 1.48. The molecule has 0 atom stereocenters. The van der Waals surface area contributed by atoms with Gasteiger partial charge in [0.1, 0.15) is 0 Å². The molecule has 0 bridgehead atoms. The van der Waals surface area contributed by atoms with E-state index in [1.807, 2.05) is 58.8 Å². The molecule has 1 saturated heterocycles. The van der Waals surface area contributed by atoms with Gasteiger partial charge in [-0.15, -0.1) is 0 Å². The normalized spacial score (nSPS) is 15.2. The van der Waals surface area contributed by atoms with Crippen LogP contribution in [0.3, 0.4) is 0 Å². The fourth-order valence-electron chi connectivity index (χ4n) is 3.48. The van der Waals surface area contributed by atoms with E-state index in [0.717, 1.165) is 48.3 Å². The molecule has 2 heterocycles. The van der Waals surface area contributed by atoms with Crippen LogP contribution in [0.15, 0.2) is 48.5 Å². The van der Waals surface area contributed by atoms with Crippen LogP contribution >= 0.6 is 35.4 Å². The highest BCUT2D eigenvalue weighted by Crippen LogP contribution is 2.27. The summed E-state index contributed by atoms with van der Waals surface area (Å²) in [7, 11) is 1.93. The first-order chi connectivity index (χ1) is 13.5. The van der Waals surface area contributed by atoms with Crippen molar-refractivity contribution in [2.75, 3.05) is 31.1 Å². The van der Waals surface area contributed by atoms with Gasteiger partial charge in [0.15, 0.2) is 10.6 Å². The van der Waals surface area contributed by atoms with Crippen LogP contribution in [0.1, 0.15) is 0 Å². The summed E-state index contributed by atoms with van der Waals surface area (Å²) < 4.78 is 4.47. The average molecular weight is 434 g/mol. The smallest absolute Gasteiger partial charge is 0.199 e. The van der Waals surface area contributed by atoms with Gasteiger partial charge in [-0.1, -0.05) is 47.5 Å². The summed E-state index contributed by atoms with van der Waals surface area (Å²) >= 11 is 18.3. The van der Waals surface area contributed by atoms with Gasteiger partial charge >= 0.3 is 0 Å².